The highest BCUT2D eigenvalue weighted by Crippen LogP contribution is 2.34. The zero-order valence-electron chi connectivity index (χ0n) is 13.6. The monoisotopic (exact) mass is 332 g/mol. The number of aromatic nitrogens is 4. The van der Waals surface area contributed by atoms with E-state index in [9.17, 15) is 5.11 Å². The normalized spacial score (nSPS) is 11.0. The van der Waals surface area contributed by atoms with Crippen LogP contribution in [0.4, 0.5) is 0 Å². The van der Waals surface area contributed by atoms with E-state index < -0.39 is 0 Å². The first-order valence-electron chi connectivity index (χ1n) is 7.86. The van der Waals surface area contributed by atoms with Crippen LogP contribution in [0.1, 0.15) is 5.56 Å². The molecule has 3 heterocycles. The van der Waals surface area contributed by atoms with E-state index in [2.05, 4.69) is 10.2 Å². The first-order chi connectivity index (χ1) is 12.3. The molecule has 0 atom stereocenters. The van der Waals surface area contributed by atoms with E-state index in [4.69, 9.17) is 9.84 Å². The van der Waals surface area contributed by atoms with Gasteiger partial charge in [-0.3, -0.25) is 0 Å². The summed E-state index contributed by atoms with van der Waals surface area (Å²) in [6, 6.07) is 17.6. The van der Waals surface area contributed by atoms with Crippen LogP contribution in [0.2, 0.25) is 0 Å². The molecule has 25 heavy (non-hydrogen) atoms. The van der Waals surface area contributed by atoms with Gasteiger partial charge in [-0.05, 0) is 18.2 Å². The highest BCUT2D eigenvalue weighted by atomic mass is 16.5. The SMILES string of the molecule is COc1nnc(-c2c(-c3ccccc3)nn3ccccc23)cc1CO. The minimum absolute atomic E-state index is 0.175. The molecule has 6 heteroatoms. The largest absolute Gasteiger partial charge is 0.480 e. The number of nitrogens with zero attached hydrogens (tertiary/aromatic N) is 4. The summed E-state index contributed by atoms with van der Waals surface area (Å²) < 4.78 is 6.98. The van der Waals surface area contributed by atoms with Gasteiger partial charge < -0.3 is 9.84 Å². The van der Waals surface area contributed by atoms with Gasteiger partial charge in [0.1, 0.15) is 5.69 Å². The Morgan fingerprint density at radius 2 is 1.84 bits per heavy atom. The fourth-order valence-electron chi connectivity index (χ4n) is 2.88. The number of benzene rings is 1. The summed E-state index contributed by atoms with van der Waals surface area (Å²) in [4.78, 5) is 0. The number of pyridine rings is 1. The van der Waals surface area contributed by atoms with Gasteiger partial charge in [0.15, 0.2) is 0 Å². The van der Waals surface area contributed by atoms with Crippen molar-refractivity contribution >= 4 is 5.52 Å². The number of methoxy groups -OCH3 is 1. The first-order valence-corrected chi connectivity index (χ1v) is 7.86. The summed E-state index contributed by atoms with van der Waals surface area (Å²) in [5, 5.41) is 22.7. The maximum Gasteiger partial charge on any atom is 0.238 e. The van der Waals surface area contributed by atoms with Crippen molar-refractivity contribution in [1.82, 2.24) is 19.8 Å². The molecule has 0 amide bonds. The summed E-state index contributed by atoms with van der Waals surface area (Å²) in [6.07, 6.45) is 1.90. The molecule has 6 nitrogen and oxygen atoms in total. The van der Waals surface area contributed by atoms with Crippen molar-refractivity contribution in [3.8, 4) is 28.4 Å². The van der Waals surface area contributed by atoms with Gasteiger partial charge in [0.2, 0.25) is 5.88 Å². The Bertz CT molecular complexity index is 1030. The van der Waals surface area contributed by atoms with Crippen LogP contribution in [0.5, 0.6) is 5.88 Å². The van der Waals surface area contributed by atoms with Gasteiger partial charge in [-0.2, -0.15) is 5.10 Å². The zero-order valence-corrected chi connectivity index (χ0v) is 13.6. The predicted molar refractivity (Wildman–Crippen MR) is 94.1 cm³/mol. The van der Waals surface area contributed by atoms with Crippen LogP contribution in [0.15, 0.2) is 60.8 Å². The number of aliphatic hydroxyl groups excluding tert-OH is 1. The second-order valence-electron chi connectivity index (χ2n) is 5.54. The van der Waals surface area contributed by atoms with Crippen molar-refractivity contribution in [2.75, 3.05) is 7.11 Å². The zero-order chi connectivity index (χ0) is 17.2. The average Bonchev–Trinajstić information content (AvgIpc) is 3.07. The molecule has 4 aromatic rings. The second-order valence-corrected chi connectivity index (χ2v) is 5.54. The molecule has 0 unspecified atom stereocenters. The first kappa shape index (κ1) is 15.3. The van der Waals surface area contributed by atoms with Crippen molar-refractivity contribution in [1.29, 1.82) is 0 Å². The third-order valence-corrected chi connectivity index (χ3v) is 4.04. The second kappa shape index (κ2) is 6.33. The van der Waals surface area contributed by atoms with E-state index in [1.54, 1.807) is 6.07 Å². The van der Waals surface area contributed by atoms with Crippen LogP contribution in [-0.2, 0) is 6.61 Å². The van der Waals surface area contributed by atoms with Crippen molar-refractivity contribution in [2.45, 2.75) is 6.61 Å². The van der Waals surface area contributed by atoms with Crippen LogP contribution >= 0.6 is 0 Å². The highest BCUT2D eigenvalue weighted by molar-refractivity contribution is 5.90. The lowest BCUT2D eigenvalue weighted by Gasteiger charge is -2.07. The summed E-state index contributed by atoms with van der Waals surface area (Å²) >= 11 is 0. The van der Waals surface area contributed by atoms with Crippen molar-refractivity contribution in [3.63, 3.8) is 0 Å². The van der Waals surface area contributed by atoms with Gasteiger partial charge in [0.25, 0.3) is 0 Å². The number of rotatable bonds is 4. The molecule has 124 valence electrons. The summed E-state index contributed by atoms with van der Waals surface area (Å²) in [5.74, 6) is 0.323. The van der Waals surface area contributed by atoms with Gasteiger partial charge in [-0.1, -0.05) is 36.4 Å². The van der Waals surface area contributed by atoms with Crippen molar-refractivity contribution in [3.05, 3.63) is 66.4 Å². The molecule has 1 N–H and O–H groups in total. The molecule has 0 aliphatic heterocycles. The fourth-order valence-corrected chi connectivity index (χ4v) is 2.88. The van der Waals surface area contributed by atoms with E-state index in [-0.39, 0.29) is 6.61 Å². The molecule has 4 rings (SSSR count). The van der Waals surface area contributed by atoms with Gasteiger partial charge in [0.05, 0.1) is 30.5 Å². The minimum atomic E-state index is -0.175. The Morgan fingerprint density at radius 3 is 2.60 bits per heavy atom. The molecule has 0 aliphatic carbocycles. The molecule has 0 saturated heterocycles. The maximum absolute atomic E-state index is 9.60. The molecule has 0 fully saturated rings. The molecule has 0 bridgehead atoms. The Kier molecular flexibility index (Phi) is 3.87. The lowest BCUT2D eigenvalue weighted by atomic mass is 10.0. The van der Waals surface area contributed by atoms with Gasteiger partial charge in [-0.15, -0.1) is 10.2 Å². The van der Waals surface area contributed by atoms with E-state index in [0.29, 0.717) is 17.1 Å². The standard InChI is InChI=1S/C19H16N4O2/c1-25-19-14(12-24)11-15(20-21-19)17-16-9-5-6-10-23(16)22-18(17)13-7-3-2-4-8-13/h2-11,24H,12H2,1H3. The molecular formula is C19H16N4O2. The maximum atomic E-state index is 9.60. The number of fused-ring (bicyclic) bond motifs is 1. The molecule has 0 aliphatic rings. The lowest BCUT2D eigenvalue weighted by molar-refractivity contribution is 0.270. The molecule has 0 saturated carbocycles. The van der Waals surface area contributed by atoms with E-state index >= 15 is 0 Å². The molecular weight excluding hydrogens is 316 g/mol. The smallest absolute Gasteiger partial charge is 0.238 e. The average molecular weight is 332 g/mol. The third kappa shape index (κ3) is 2.62. The summed E-state index contributed by atoms with van der Waals surface area (Å²) in [5.41, 5.74) is 4.83. The molecule has 3 aromatic heterocycles. The number of hydrogen-bond donors (Lipinski definition) is 1. The van der Waals surface area contributed by atoms with E-state index in [0.717, 1.165) is 22.3 Å². The van der Waals surface area contributed by atoms with Crippen molar-refractivity contribution < 1.29 is 9.84 Å². The number of aliphatic hydroxyl groups is 1. The highest BCUT2D eigenvalue weighted by Gasteiger charge is 2.19. The van der Waals surface area contributed by atoms with Crippen molar-refractivity contribution in [2.24, 2.45) is 0 Å². The van der Waals surface area contributed by atoms with Crippen LogP contribution in [0.3, 0.4) is 0 Å². The van der Waals surface area contributed by atoms with Gasteiger partial charge in [0, 0.05) is 17.3 Å². The Labute approximate surface area is 144 Å². The molecule has 1 aromatic carbocycles. The quantitative estimate of drug-likeness (QED) is 0.622. The Morgan fingerprint density at radius 1 is 1.04 bits per heavy atom. The number of ether oxygens (including phenoxy) is 1. The topological polar surface area (TPSA) is 72.5 Å². The minimum Gasteiger partial charge on any atom is -0.480 e. The van der Waals surface area contributed by atoms with Gasteiger partial charge >= 0.3 is 0 Å². The Balaban J connectivity index is 2.00. The predicted octanol–water partition coefficient (Wildman–Crippen LogP) is 2.96. The lowest BCUT2D eigenvalue weighted by Crippen LogP contribution is -1.99. The fraction of sp³-hybridized carbons (Fsp3) is 0.105. The van der Waals surface area contributed by atoms with Crippen LogP contribution in [0.25, 0.3) is 28.0 Å². The van der Waals surface area contributed by atoms with Crippen LogP contribution < -0.4 is 4.74 Å². The van der Waals surface area contributed by atoms with E-state index in [1.807, 2.05) is 59.2 Å². The molecule has 0 radical (unpaired) electrons. The summed E-state index contributed by atoms with van der Waals surface area (Å²) in [7, 11) is 1.51. The van der Waals surface area contributed by atoms with E-state index in [1.165, 1.54) is 7.11 Å². The Hall–Kier alpha value is -3.25. The van der Waals surface area contributed by atoms with Gasteiger partial charge in [-0.25, -0.2) is 4.52 Å². The van der Waals surface area contributed by atoms with Crippen LogP contribution in [0, 0.1) is 0 Å². The summed E-state index contributed by atoms with van der Waals surface area (Å²) in [6.45, 7) is -0.175. The van der Waals surface area contributed by atoms with Crippen LogP contribution in [-0.4, -0.2) is 32.0 Å². The molecule has 0 spiro atoms. The number of hydrogen-bond acceptors (Lipinski definition) is 5. The third-order valence-electron chi connectivity index (χ3n) is 4.04.